The summed E-state index contributed by atoms with van der Waals surface area (Å²) in [6.45, 7) is 7.83. The standard InChI is InChI=1S/C21H30N2O5/c1-13(24)23-12-16(25)11-18(23)19(26)22-17(20(27)28-5)10-14-6-8-15(9-7-14)21(2,3)4/h6-9,16-18,25H,10-12H2,1-5H3,(H,22,26)/t16-,17+,18+/m1/s1. The Kier molecular flexibility index (Phi) is 6.82. The first-order chi connectivity index (χ1) is 13.0. The number of esters is 1. The molecule has 1 heterocycles. The molecule has 7 heteroatoms. The molecule has 1 aliphatic heterocycles. The van der Waals surface area contributed by atoms with E-state index in [9.17, 15) is 19.5 Å². The highest BCUT2D eigenvalue weighted by atomic mass is 16.5. The van der Waals surface area contributed by atoms with Crippen LogP contribution in [0.3, 0.4) is 0 Å². The topological polar surface area (TPSA) is 95.9 Å². The van der Waals surface area contributed by atoms with Gasteiger partial charge in [0.05, 0.1) is 13.2 Å². The van der Waals surface area contributed by atoms with E-state index in [0.717, 1.165) is 5.56 Å². The molecule has 3 atom stereocenters. The molecule has 28 heavy (non-hydrogen) atoms. The van der Waals surface area contributed by atoms with Gasteiger partial charge in [0.25, 0.3) is 0 Å². The minimum Gasteiger partial charge on any atom is -0.467 e. The third kappa shape index (κ3) is 5.32. The van der Waals surface area contributed by atoms with E-state index in [1.165, 1.54) is 24.5 Å². The second-order valence-electron chi connectivity index (χ2n) is 8.31. The van der Waals surface area contributed by atoms with E-state index >= 15 is 0 Å². The van der Waals surface area contributed by atoms with Crippen molar-refractivity contribution < 1.29 is 24.2 Å². The number of benzene rings is 1. The lowest BCUT2D eigenvalue weighted by Gasteiger charge is -2.25. The zero-order chi connectivity index (χ0) is 21.1. The van der Waals surface area contributed by atoms with Gasteiger partial charge in [-0.05, 0) is 16.5 Å². The Morgan fingerprint density at radius 2 is 1.86 bits per heavy atom. The number of aliphatic hydroxyl groups excluding tert-OH is 1. The summed E-state index contributed by atoms with van der Waals surface area (Å²) in [6.07, 6.45) is -0.321. The number of β-amino-alcohol motifs (C(OH)–C–C–N with tert-alkyl or cyclic N) is 1. The molecule has 0 spiro atoms. The third-order valence-corrected chi connectivity index (χ3v) is 5.05. The molecule has 0 aliphatic carbocycles. The summed E-state index contributed by atoms with van der Waals surface area (Å²) < 4.78 is 4.84. The molecule has 2 amide bonds. The molecule has 1 aliphatic rings. The maximum atomic E-state index is 12.7. The van der Waals surface area contributed by atoms with Gasteiger partial charge < -0.3 is 20.1 Å². The second-order valence-corrected chi connectivity index (χ2v) is 8.31. The Balaban J connectivity index is 2.12. The molecule has 1 aromatic rings. The fourth-order valence-electron chi connectivity index (χ4n) is 3.39. The number of hydrogen-bond acceptors (Lipinski definition) is 5. The van der Waals surface area contributed by atoms with Gasteiger partial charge in [0.2, 0.25) is 11.8 Å². The van der Waals surface area contributed by atoms with Crippen LogP contribution in [0.25, 0.3) is 0 Å². The van der Waals surface area contributed by atoms with E-state index < -0.39 is 30.1 Å². The van der Waals surface area contributed by atoms with Crippen molar-refractivity contribution in [3.8, 4) is 0 Å². The van der Waals surface area contributed by atoms with Gasteiger partial charge in [0.15, 0.2) is 0 Å². The lowest BCUT2D eigenvalue weighted by Crippen LogP contribution is -2.51. The van der Waals surface area contributed by atoms with E-state index in [2.05, 4.69) is 26.1 Å². The van der Waals surface area contributed by atoms with Crippen LogP contribution in [-0.4, -0.2) is 59.6 Å². The Morgan fingerprint density at radius 1 is 1.25 bits per heavy atom. The average molecular weight is 390 g/mol. The number of likely N-dealkylation sites (tertiary alicyclic amines) is 1. The fourth-order valence-corrected chi connectivity index (χ4v) is 3.39. The van der Waals surface area contributed by atoms with Crippen molar-refractivity contribution in [3.63, 3.8) is 0 Å². The van der Waals surface area contributed by atoms with E-state index in [0.29, 0.717) is 0 Å². The first kappa shape index (κ1) is 21.9. The Morgan fingerprint density at radius 3 is 2.36 bits per heavy atom. The summed E-state index contributed by atoms with van der Waals surface area (Å²) in [6, 6.07) is 6.23. The van der Waals surface area contributed by atoms with E-state index in [1.54, 1.807) is 0 Å². The second kappa shape index (κ2) is 8.73. The number of amides is 2. The average Bonchev–Trinajstić information content (AvgIpc) is 3.02. The summed E-state index contributed by atoms with van der Waals surface area (Å²) >= 11 is 0. The monoisotopic (exact) mass is 390 g/mol. The van der Waals surface area contributed by atoms with Crippen LogP contribution < -0.4 is 5.32 Å². The van der Waals surface area contributed by atoms with Crippen LogP contribution in [0, 0.1) is 0 Å². The van der Waals surface area contributed by atoms with Gasteiger partial charge in [0, 0.05) is 26.3 Å². The van der Waals surface area contributed by atoms with Crippen molar-refractivity contribution in [2.75, 3.05) is 13.7 Å². The molecule has 2 N–H and O–H groups in total. The molecule has 1 saturated heterocycles. The summed E-state index contributed by atoms with van der Waals surface area (Å²) in [4.78, 5) is 37.9. The van der Waals surface area contributed by atoms with Crippen LogP contribution in [0.1, 0.15) is 45.2 Å². The molecule has 0 bridgehead atoms. The van der Waals surface area contributed by atoms with Crippen molar-refractivity contribution in [1.82, 2.24) is 10.2 Å². The lowest BCUT2D eigenvalue weighted by atomic mass is 9.86. The highest BCUT2D eigenvalue weighted by Gasteiger charge is 2.38. The summed E-state index contributed by atoms with van der Waals surface area (Å²) in [5.74, 6) is -1.31. The Bertz CT molecular complexity index is 723. The predicted octanol–water partition coefficient (Wildman–Crippen LogP) is 1.17. The quantitative estimate of drug-likeness (QED) is 0.736. The van der Waals surface area contributed by atoms with Crippen molar-refractivity contribution >= 4 is 17.8 Å². The van der Waals surface area contributed by atoms with E-state index in [1.807, 2.05) is 24.3 Å². The Labute approximate surface area is 166 Å². The number of rotatable bonds is 5. The van der Waals surface area contributed by atoms with Gasteiger partial charge in [-0.1, -0.05) is 45.0 Å². The van der Waals surface area contributed by atoms with Gasteiger partial charge in [-0.15, -0.1) is 0 Å². The number of aliphatic hydroxyl groups is 1. The molecule has 1 aromatic carbocycles. The number of nitrogens with zero attached hydrogens (tertiary/aromatic N) is 1. The molecule has 0 radical (unpaired) electrons. The van der Waals surface area contributed by atoms with Gasteiger partial charge in [-0.25, -0.2) is 4.79 Å². The van der Waals surface area contributed by atoms with Crippen LogP contribution in [0.5, 0.6) is 0 Å². The third-order valence-electron chi connectivity index (χ3n) is 5.05. The first-order valence-corrected chi connectivity index (χ1v) is 9.45. The number of carbonyl (C=O) groups is 3. The summed E-state index contributed by atoms with van der Waals surface area (Å²) in [5.41, 5.74) is 2.08. The minimum absolute atomic E-state index is 0.0218. The highest BCUT2D eigenvalue weighted by Crippen LogP contribution is 2.23. The summed E-state index contributed by atoms with van der Waals surface area (Å²) in [7, 11) is 1.27. The van der Waals surface area contributed by atoms with Crippen LogP contribution in [0.15, 0.2) is 24.3 Å². The molecular weight excluding hydrogens is 360 g/mol. The van der Waals surface area contributed by atoms with Gasteiger partial charge in [-0.2, -0.15) is 0 Å². The molecule has 154 valence electrons. The van der Waals surface area contributed by atoms with Gasteiger partial charge >= 0.3 is 5.97 Å². The lowest BCUT2D eigenvalue weighted by molar-refractivity contribution is -0.146. The number of carbonyl (C=O) groups excluding carboxylic acids is 3. The van der Waals surface area contributed by atoms with Gasteiger partial charge in [-0.3, -0.25) is 9.59 Å². The van der Waals surface area contributed by atoms with Crippen molar-refractivity contribution in [3.05, 3.63) is 35.4 Å². The van der Waals surface area contributed by atoms with Crippen LogP contribution in [0.2, 0.25) is 0 Å². The molecule has 2 rings (SSSR count). The largest absolute Gasteiger partial charge is 0.467 e. The predicted molar refractivity (Wildman–Crippen MR) is 105 cm³/mol. The first-order valence-electron chi connectivity index (χ1n) is 9.45. The minimum atomic E-state index is -0.871. The fraction of sp³-hybridized carbons (Fsp3) is 0.571. The Hall–Kier alpha value is -2.41. The summed E-state index contributed by atoms with van der Waals surface area (Å²) in [5, 5.41) is 12.5. The SMILES string of the molecule is COC(=O)[C@H](Cc1ccc(C(C)(C)C)cc1)NC(=O)[C@@H]1C[C@@H](O)CN1C(C)=O. The van der Waals surface area contributed by atoms with E-state index in [-0.39, 0.29) is 30.7 Å². The number of methoxy groups -OCH3 is 1. The van der Waals surface area contributed by atoms with Crippen LogP contribution >= 0.6 is 0 Å². The smallest absolute Gasteiger partial charge is 0.328 e. The molecular formula is C21H30N2O5. The molecule has 0 unspecified atom stereocenters. The van der Waals surface area contributed by atoms with Crippen LogP contribution in [-0.2, 0) is 31.0 Å². The zero-order valence-corrected chi connectivity index (χ0v) is 17.2. The molecule has 7 nitrogen and oxygen atoms in total. The van der Waals surface area contributed by atoms with Crippen molar-refractivity contribution in [2.24, 2.45) is 0 Å². The number of hydrogen-bond donors (Lipinski definition) is 2. The molecule has 0 aromatic heterocycles. The van der Waals surface area contributed by atoms with Crippen LogP contribution in [0.4, 0.5) is 0 Å². The zero-order valence-electron chi connectivity index (χ0n) is 17.2. The molecule has 0 saturated carbocycles. The maximum absolute atomic E-state index is 12.7. The maximum Gasteiger partial charge on any atom is 0.328 e. The number of ether oxygens (including phenoxy) is 1. The van der Waals surface area contributed by atoms with Gasteiger partial charge in [0.1, 0.15) is 12.1 Å². The normalized spacial score (nSPS) is 20.6. The van der Waals surface area contributed by atoms with Crippen molar-refractivity contribution in [2.45, 2.75) is 64.1 Å². The highest BCUT2D eigenvalue weighted by molar-refractivity contribution is 5.91. The van der Waals surface area contributed by atoms with E-state index in [4.69, 9.17) is 4.74 Å². The molecule has 1 fully saturated rings. The number of nitrogens with one attached hydrogen (secondary N) is 1. The van der Waals surface area contributed by atoms with Crippen molar-refractivity contribution in [1.29, 1.82) is 0 Å².